The van der Waals surface area contributed by atoms with Gasteiger partial charge in [-0.05, 0) is 36.6 Å². The molecule has 1 aromatic carbocycles. The van der Waals surface area contributed by atoms with Crippen molar-refractivity contribution in [2.24, 2.45) is 0 Å². The van der Waals surface area contributed by atoms with E-state index >= 15 is 0 Å². The Morgan fingerprint density at radius 1 is 1.30 bits per heavy atom. The summed E-state index contributed by atoms with van der Waals surface area (Å²) in [4.78, 5) is 18.6. The Balaban J connectivity index is 1.98. The lowest BCUT2D eigenvalue weighted by Crippen LogP contribution is -2.06. The molecule has 30 heavy (non-hydrogen) atoms. The molecule has 0 spiro atoms. The molecule has 7 heteroatoms. The molecule has 0 saturated heterocycles. The molecule has 0 fully saturated rings. The SMILES string of the molecule is CCC1CC(OC(C)=O)c2c(Sc3ccc(Cl)c(Cl)c3)c3c(C(C)C)nccc3n21. The summed E-state index contributed by atoms with van der Waals surface area (Å²) in [5, 5.41) is 2.18. The van der Waals surface area contributed by atoms with Gasteiger partial charge in [-0.15, -0.1) is 0 Å². The number of carbonyl (C=O) groups is 1. The zero-order valence-corrected chi connectivity index (χ0v) is 19.7. The highest BCUT2D eigenvalue weighted by molar-refractivity contribution is 7.99. The number of pyridine rings is 1. The van der Waals surface area contributed by atoms with Crippen LogP contribution in [0.15, 0.2) is 40.3 Å². The molecule has 0 aliphatic carbocycles. The summed E-state index contributed by atoms with van der Waals surface area (Å²) >= 11 is 14.0. The van der Waals surface area contributed by atoms with Crippen LogP contribution in [0.2, 0.25) is 10.0 Å². The van der Waals surface area contributed by atoms with E-state index in [0.29, 0.717) is 10.0 Å². The van der Waals surface area contributed by atoms with Crippen LogP contribution in [0.3, 0.4) is 0 Å². The molecule has 158 valence electrons. The zero-order chi connectivity index (χ0) is 21.6. The number of fused-ring (bicyclic) bond motifs is 3. The van der Waals surface area contributed by atoms with Gasteiger partial charge in [0.05, 0.1) is 26.9 Å². The minimum Gasteiger partial charge on any atom is -0.456 e. The van der Waals surface area contributed by atoms with Gasteiger partial charge in [-0.25, -0.2) is 0 Å². The van der Waals surface area contributed by atoms with Crippen molar-refractivity contribution in [3.63, 3.8) is 0 Å². The second-order valence-electron chi connectivity index (χ2n) is 7.90. The van der Waals surface area contributed by atoms with Crippen molar-refractivity contribution in [3.8, 4) is 0 Å². The Morgan fingerprint density at radius 3 is 2.70 bits per heavy atom. The van der Waals surface area contributed by atoms with Gasteiger partial charge in [-0.3, -0.25) is 9.78 Å². The number of halogens is 2. The standard InChI is InChI=1S/C23H24Cl2N2O2S/c1-5-14-10-19(29-13(4)28)22-23(30-15-6-7-16(24)17(25)11-15)20-18(27(14)22)8-9-26-21(20)12(2)3/h6-9,11-12,14,19H,5,10H2,1-4H3. The molecule has 1 aliphatic rings. The van der Waals surface area contributed by atoms with E-state index in [4.69, 9.17) is 32.9 Å². The molecular weight excluding hydrogens is 439 g/mol. The van der Waals surface area contributed by atoms with E-state index in [1.54, 1.807) is 11.8 Å². The van der Waals surface area contributed by atoms with Gasteiger partial charge >= 0.3 is 5.97 Å². The smallest absolute Gasteiger partial charge is 0.303 e. The maximum Gasteiger partial charge on any atom is 0.303 e. The number of esters is 1. The largest absolute Gasteiger partial charge is 0.456 e. The summed E-state index contributed by atoms with van der Waals surface area (Å²) in [6.45, 7) is 7.95. The molecule has 3 heterocycles. The highest BCUT2D eigenvalue weighted by Gasteiger charge is 2.38. The van der Waals surface area contributed by atoms with Crippen molar-refractivity contribution in [3.05, 3.63) is 51.9 Å². The van der Waals surface area contributed by atoms with Crippen molar-refractivity contribution in [1.29, 1.82) is 0 Å². The number of benzene rings is 1. The van der Waals surface area contributed by atoms with Crippen molar-refractivity contribution < 1.29 is 9.53 Å². The number of nitrogens with zero attached hydrogens (tertiary/aromatic N) is 2. The molecule has 0 N–H and O–H groups in total. The highest BCUT2D eigenvalue weighted by Crippen LogP contribution is 2.51. The topological polar surface area (TPSA) is 44.1 Å². The molecule has 4 rings (SSSR count). The fourth-order valence-electron chi connectivity index (χ4n) is 4.28. The van der Waals surface area contributed by atoms with Crippen LogP contribution in [-0.2, 0) is 9.53 Å². The van der Waals surface area contributed by atoms with Crippen molar-refractivity contribution in [1.82, 2.24) is 9.55 Å². The number of rotatable bonds is 5. The van der Waals surface area contributed by atoms with Gasteiger partial charge in [0, 0.05) is 40.8 Å². The molecular formula is C23H24Cl2N2O2S. The molecule has 0 amide bonds. The first-order chi connectivity index (χ1) is 14.3. The molecule has 0 saturated carbocycles. The van der Waals surface area contributed by atoms with E-state index in [9.17, 15) is 4.79 Å². The van der Waals surface area contributed by atoms with Crippen molar-refractivity contribution in [2.45, 2.75) is 68.4 Å². The molecule has 3 aromatic rings. The summed E-state index contributed by atoms with van der Waals surface area (Å²) in [5.74, 6) is -0.00140. The second-order valence-corrected chi connectivity index (χ2v) is 9.80. The number of aromatic nitrogens is 2. The predicted molar refractivity (Wildman–Crippen MR) is 123 cm³/mol. The van der Waals surface area contributed by atoms with E-state index in [1.165, 1.54) is 6.92 Å². The Hall–Kier alpha value is -1.69. The number of hydrogen-bond acceptors (Lipinski definition) is 4. The summed E-state index contributed by atoms with van der Waals surface area (Å²) in [6, 6.07) is 8.00. The van der Waals surface area contributed by atoms with Crippen LogP contribution in [0.25, 0.3) is 10.9 Å². The van der Waals surface area contributed by atoms with E-state index in [2.05, 4.69) is 31.4 Å². The summed E-state index contributed by atoms with van der Waals surface area (Å²) in [5.41, 5.74) is 3.25. The first-order valence-corrected chi connectivity index (χ1v) is 11.7. The summed E-state index contributed by atoms with van der Waals surface area (Å²) < 4.78 is 8.14. The molecule has 2 atom stereocenters. The van der Waals surface area contributed by atoms with Crippen LogP contribution >= 0.6 is 35.0 Å². The average molecular weight is 463 g/mol. The molecule has 0 radical (unpaired) electrons. The van der Waals surface area contributed by atoms with Gasteiger partial charge in [0.15, 0.2) is 0 Å². The number of carbonyl (C=O) groups excluding carboxylic acids is 1. The Bertz CT molecular complexity index is 1130. The molecule has 1 aliphatic heterocycles. The second kappa shape index (κ2) is 8.45. The quantitative estimate of drug-likeness (QED) is 0.366. The lowest BCUT2D eigenvalue weighted by Gasteiger charge is -2.15. The maximum absolute atomic E-state index is 11.9. The Kier molecular flexibility index (Phi) is 6.06. The third-order valence-electron chi connectivity index (χ3n) is 5.53. The van der Waals surface area contributed by atoms with Gasteiger partial charge in [-0.2, -0.15) is 0 Å². The van der Waals surface area contributed by atoms with E-state index in [0.717, 1.165) is 44.9 Å². The molecule has 2 unspecified atom stereocenters. The zero-order valence-electron chi connectivity index (χ0n) is 17.4. The highest BCUT2D eigenvalue weighted by atomic mass is 35.5. The first-order valence-electron chi connectivity index (χ1n) is 10.1. The van der Waals surface area contributed by atoms with Gasteiger partial charge < -0.3 is 9.30 Å². The third-order valence-corrected chi connectivity index (χ3v) is 7.38. The molecule has 4 nitrogen and oxygen atoms in total. The van der Waals surface area contributed by atoms with Gasteiger partial charge in [0.2, 0.25) is 0 Å². The Labute approximate surface area is 190 Å². The van der Waals surface area contributed by atoms with Crippen LogP contribution in [0.1, 0.15) is 70.0 Å². The van der Waals surface area contributed by atoms with E-state index in [1.807, 2.05) is 24.4 Å². The Morgan fingerprint density at radius 2 is 2.07 bits per heavy atom. The van der Waals surface area contributed by atoms with E-state index < -0.39 is 0 Å². The van der Waals surface area contributed by atoms with Crippen LogP contribution in [0, 0.1) is 0 Å². The fourth-order valence-corrected chi connectivity index (χ4v) is 5.84. The van der Waals surface area contributed by atoms with Gasteiger partial charge in [0.25, 0.3) is 0 Å². The van der Waals surface area contributed by atoms with E-state index in [-0.39, 0.29) is 24.0 Å². The normalized spacial score (nSPS) is 18.2. The lowest BCUT2D eigenvalue weighted by atomic mass is 10.0. The lowest BCUT2D eigenvalue weighted by molar-refractivity contribution is -0.146. The van der Waals surface area contributed by atoms with Crippen LogP contribution in [-0.4, -0.2) is 15.5 Å². The average Bonchev–Trinajstić information content (AvgIpc) is 3.21. The van der Waals surface area contributed by atoms with Crippen molar-refractivity contribution >= 4 is 51.8 Å². The van der Waals surface area contributed by atoms with Crippen LogP contribution in [0.5, 0.6) is 0 Å². The van der Waals surface area contributed by atoms with Crippen molar-refractivity contribution in [2.75, 3.05) is 0 Å². The molecule has 2 aromatic heterocycles. The summed E-state index contributed by atoms with van der Waals surface area (Å²) in [6.07, 6.45) is 3.36. The third kappa shape index (κ3) is 3.72. The minimum absolute atomic E-state index is 0.261. The van der Waals surface area contributed by atoms with Crippen LogP contribution < -0.4 is 0 Å². The summed E-state index contributed by atoms with van der Waals surface area (Å²) in [7, 11) is 0. The molecule has 0 bridgehead atoms. The van der Waals surface area contributed by atoms with Gasteiger partial charge in [0.1, 0.15) is 6.10 Å². The number of ether oxygens (including phenoxy) is 1. The fraction of sp³-hybridized carbons (Fsp3) is 0.391. The minimum atomic E-state index is -0.273. The monoisotopic (exact) mass is 462 g/mol. The van der Waals surface area contributed by atoms with Crippen LogP contribution in [0.4, 0.5) is 0 Å². The number of hydrogen-bond donors (Lipinski definition) is 0. The maximum atomic E-state index is 11.9. The first kappa shape index (κ1) is 21.5. The predicted octanol–water partition coefficient (Wildman–Crippen LogP) is 7.58. The van der Waals surface area contributed by atoms with Gasteiger partial charge in [-0.1, -0.05) is 55.7 Å².